The second-order valence-electron chi connectivity index (χ2n) is 5.79. The van der Waals surface area contributed by atoms with Gasteiger partial charge in [-0.1, -0.05) is 0 Å². The summed E-state index contributed by atoms with van der Waals surface area (Å²) in [6.07, 6.45) is 1.93. The summed E-state index contributed by atoms with van der Waals surface area (Å²) >= 11 is 0. The first-order chi connectivity index (χ1) is 7.43. The van der Waals surface area contributed by atoms with E-state index in [1.54, 1.807) is 0 Å². The van der Waals surface area contributed by atoms with Crippen molar-refractivity contribution in [3.63, 3.8) is 0 Å². The van der Waals surface area contributed by atoms with Crippen LogP contribution in [-0.2, 0) is 4.79 Å². The number of amides is 1. The van der Waals surface area contributed by atoms with Crippen LogP contribution in [0.4, 0.5) is 0 Å². The molecule has 0 saturated carbocycles. The molecule has 0 aromatic heterocycles. The fourth-order valence-corrected chi connectivity index (χ4v) is 2.86. The van der Waals surface area contributed by atoms with Gasteiger partial charge in [0, 0.05) is 19.1 Å². The molecule has 2 N–H and O–H groups in total. The summed E-state index contributed by atoms with van der Waals surface area (Å²) in [4.78, 5) is 16.6. The monoisotopic (exact) mass is 225 g/mol. The highest BCUT2D eigenvalue weighted by atomic mass is 16.2. The van der Waals surface area contributed by atoms with E-state index in [9.17, 15) is 4.79 Å². The highest BCUT2D eigenvalue weighted by Gasteiger charge is 2.44. The Hall–Kier alpha value is -0.610. The van der Waals surface area contributed by atoms with Crippen LogP contribution in [0.2, 0.25) is 0 Å². The van der Waals surface area contributed by atoms with Crippen molar-refractivity contribution in [2.75, 3.05) is 26.7 Å². The van der Waals surface area contributed by atoms with Gasteiger partial charge in [-0.3, -0.25) is 4.79 Å². The number of carbonyl (C=O) groups is 1. The van der Waals surface area contributed by atoms with Gasteiger partial charge in [-0.05, 0) is 40.3 Å². The Bertz CT molecular complexity index is 290. The molecule has 2 saturated heterocycles. The molecule has 4 nitrogen and oxygen atoms in total. The van der Waals surface area contributed by atoms with Gasteiger partial charge in [0.25, 0.3) is 0 Å². The van der Waals surface area contributed by atoms with Crippen LogP contribution in [0.25, 0.3) is 0 Å². The molecule has 0 aromatic carbocycles. The lowest BCUT2D eigenvalue weighted by molar-refractivity contribution is -0.138. The van der Waals surface area contributed by atoms with Crippen LogP contribution in [-0.4, -0.2) is 54.0 Å². The Morgan fingerprint density at radius 1 is 1.31 bits per heavy atom. The van der Waals surface area contributed by atoms with E-state index >= 15 is 0 Å². The lowest BCUT2D eigenvalue weighted by atomic mass is 9.95. The van der Waals surface area contributed by atoms with Crippen molar-refractivity contribution in [1.29, 1.82) is 0 Å². The largest absolute Gasteiger partial charge is 0.336 e. The first-order valence-corrected chi connectivity index (χ1v) is 6.18. The molecule has 92 valence electrons. The Morgan fingerprint density at radius 2 is 2.00 bits per heavy atom. The summed E-state index contributed by atoms with van der Waals surface area (Å²) in [6, 6.07) is 0.121. The second-order valence-corrected chi connectivity index (χ2v) is 5.79. The average molecular weight is 225 g/mol. The summed E-state index contributed by atoms with van der Waals surface area (Å²) in [7, 11) is 2.08. The minimum absolute atomic E-state index is 0.121. The molecule has 0 aliphatic carbocycles. The van der Waals surface area contributed by atoms with Gasteiger partial charge in [0.2, 0.25) is 5.91 Å². The number of hydrogen-bond acceptors (Lipinski definition) is 3. The number of hydrogen-bond donors (Lipinski definition) is 1. The number of nitrogens with zero attached hydrogens (tertiary/aromatic N) is 2. The minimum atomic E-state index is -0.168. The van der Waals surface area contributed by atoms with E-state index in [2.05, 4.69) is 25.8 Å². The molecule has 2 aliphatic heterocycles. The zero-order valence-electron chi connectivity index (χ0n) is 10.6. The molecule has 2 heterocycles. The topological polar surface area (TPSA) is 49.6 Å². The molecule has 2 unspecified atom stereocenters. The number of rotatable bonds is 1. The predicted octanol–water partition coefficient (Wildman–Crippen LogP) is 0.276. The van der Waals surface area contributed by atoms with E-state index < -0.39 is 0 Å². The molecule has 2 fully saturated rings. The third kappa shape index (κ3) is 1.84. The molecule has 16 heavy (non-hydrogen) atoms. The smallest absolute Gasteiger partial charge is 0.227 e. The van der Waals surface area contributed by atoms with Gasteiger partial charge >= 0.3 is 0 Å². The first-order valence-electron chi connectivity index (χ1n) is 6.18. The van der Waals surface area contributed by atoms with E-state index in [4.69, 9.17) is 5.73 Å². The summed E-state index contributed by atoms with van der Waals surface area (Å²) in [5, 5.41) is 0. The quantitative estimate of drug-likeness (QED) is 0.697. The van der Waals surface area contributed by atoms with Gasteiger partial charge in [-0.25, -0.2) is 0 Å². The Balaban J connectivity index is 2.05. The van der Waals surface area contributed by atoms with Crippen molar-refractivity contribution in [1.82, 2.24) is 9.80 Å². The summed E-state index contributed by atoms with van der Waals surface area (Å²) < 4.78 is 0. The van der Waals surface area contributed by atoms with Crippen LogP contribution in [0, 0.1) is 5.92 Å². The number of carbonyl (C=O) groups excluding carboxylic acids is 1. The lowest BCUT2D eigenvalue weighted by Gasteiger charge is -2.36. The molecule has 2 atom stereocenters. The van der Waals surface area contributed by atoms with Gasteiger partial charge in [0.1, 0.15) is 0 Å². The number of likely N-dealkylation sites (tertiary alicyclic amines) is 2. The van der Waals surface area contributed by atoms with Crippen LogP contribution in [0.15, 0.2) is 0 Å². The van der Waals surface area contributed by atoms with Gasteiger partial charge in [-0.2, -0.15) is 0 Å². The van der Waals surface area contributed by atoms with Crippen molar-refractivity contribution >= 4 is 5.91 Å². The molecular weight excluding hydrogens is 202 g/mol. The summed E-state index contributed by atoms with van der Waals surface area (Å²) in [6.45, 7) is 6.94. The molecule has 2 aliphatic rings. The highest BCUT2D eigenvalue weighted by molar-refractivity contribution is 5.80. The molecular formula is C12H23N3O. The highest BCUT2D eigenvalue weighted by Crippen LogP contribution is 2.30. The van der Waals surface area contributed by atoms with Crippen LogP contribution >= 0.6 is 0 Å². The minimum Gasteiger partial charge on any atom is -0.336 e. The van der Waals surface area contributed by atoms with Crippen LogP contribution in [0.3, 0.4) is 0 Å². The predicted molar refractivity (Wildman–Crippen MR) is 64.0 cm³/mol. The Morgan fingerprint density at radius 3 is 2.44 bits per heavy atom. The third-order valence-corrected chi connectivity index (χ3v) is 4.27. The summed E-state index contributed by atoms with van der Waals surface area (Å²) in [5.74, 6) is 0.497. The first kappa shape index (κ1) is 11.9. The van der Waals surface area contributed by atoms with Gasteiger partial charge in [0.05, 0.1) is 11.5 Å². The van der Waals surface area contributed by atoms with Crippen LogP contribution in [0.1, 0.15) is 26.7 Å². The second kappa shape index (κ2) is 4.00. The van der Waals surface area contributed by atoms with Crippen molar-refractivity contribution in [2.24, 2.45) is 11.7 Å². The normalized spacial score (nSPS) is 34.6. The van der Waals surface area contributed by atoms with Crippen LogP contribution in [0.5, 0.6) is 0 Å². The molecule has 0 spiro atoms. The molecule has 0 radical (unpaired) electrons. The zero-order valence-corrected chi connectivity index (χ0v) is 10.6. The fourth-order valence-electron chi connectivity index (χ4n) is 2.86. The summed E-state index contributed by atoms with van der Waals surface area (Å²) in [5.41, 5.74) is 5.89. The maximum atomic E-state index is 12.4. The molecule has 0 aromatic rings. The Labute approximate surface area is 97.8 Å². The van der Waals surface area contributed by atoms with Crippen molar-refractivity contribution < 1.29 is 4.79 Å². The molecule has 0 bridgehead atoms. The van der Waals surface area contributed by atoms with Crippen molar-refractivity contribution in [3.8, 4) is 0 Å². The van der Waals surface area contributed by atoms with Crippen molar-refractivity contribution in [2.45, 2.75) is 38.3 Å². The maximum Gasteiger partial charge on any atom is 0.227 e. The van der Waals surface area contributed by atoms with Gasteiger partial charge in [0.15, 0.2) is 0 Å². The van der Waals surface area contributed by atoms with E-state index in [1.165, 1.54) is 0 Å². The van der Waals surface area contributed by atoms with Crippen molar-refractivity contribution in [3.05, 3.63) is 0 Å². The van der Waals surface area contributed by atoms with Gasteiger partial charge < -0.3 is 15.5 Å². The van der Waals surface area contributed by atoms with Crippen LogP contribution < -0.4 is 5.73 Å². The molecule has 2 rings (SSSR count). The zero-order chi connectivity index (χ0) is 11.9. The number of nitrogens with two attached hydrogens (primary N) is 1. The SMILES string of the molecule is CN1CCC(C(=O)N2CCC(N)C2(C)C)C1. The van der Waals surface area contributed by atoms with E-state index in [0.717, 1.165) is 32.5 Å². The Kier molecular flexibility index (Phi) is 2.97. The van der Waals surface area contributed by atoms with Gasteiger partial charge in [-0.15, -0.1) is 0 Å². The van der Waals surface area contributed by atoms with E-state index in [0.29, 0.717) is 5.91 Å². The fraction of sp³-hybridized carbons (Fsp3) is 0.917. The third-order valence-electron chi connectivity index (χ3n) is 4.27. The lowest BCUT2D eigenvalue weighted by Crippen LogP contribution is -2.52. The maximum absolute atomic E-state index is 12.4. The molecule has 1 amide bonds. The standard InChI is InChI=1S/C12H23N3O/c1-12(2)10(13)5-7-15(12)11(16)9-4-6-14(3)8-9/h9-10H,4-8,13H2,1-3H3. The average Bonchev–Trinajstić information content (AvgIpc) is 2.73. The van der Waals surface area contributed by atoms with E-state index in [1.807, 2.05) is 4.90 Å². The van der Waals surface area contributed by atoms with E-state index in [-0.39, 0.29) is 17.5 Å². The molecule has 4 heteroatoms.